The Balaban J connectivity index is 1.84. The molecular formula is C14H22OS. The predicted molar refractivity (Wildman–Crippen MR) is 69.6 cm³/mol. The molecule has 1 nitrogen and oxygen atoms in total. The molecule has 0 bridgehead atoms. The molecule has 1 fully saturated rings. The van der Waals surface area contributed by atoms with Crippen molar-refractivity contribution in [2.75, 3.05) is 0 Å². The largest absolute Gasteiger partial charge is 0.388 e. The highest BCUT2D eigenvalue weighted by Gasteiger charge is 2.26. The van der Waals surface area contributed by atoms with Crippen LogP contribution in [0.3, 0.4) is 0 Å². The zero-order valence-electron chi connectivity index (χ0n) is 10.1. The summed E-state index contributed by atoms with van der Waals surface area (Å²) in [6.45, 7) is 2.27. The van der Waals surface area contributed by atoms with Crippen molar-refractivity contribution in [1.29, 1.82) is 0 Å². The maximum Gasteiger partial charge on any atom is 0.0826 e. The quantitative estimate of drug-likeness (QED) is 0.825. The van der Waals surface area contributed by atoms with Crippen molar-refractivity contribution in [2.45, 2.75) is 51.6 Å². The van der Waals surface area contributed by atoms with Crippen molar-refractivity contribution < 1.29 is 5.11 Å². The first-order valence-corrected chi connectivity index (χ1v) is 7.45. The minimum Gasteiger partial charge on any atom is -0.388 e. The van der Waals surface area contributed by atoms with Crippen molar-refractivity contribution in [3.8, 4) is 0 Å². The maximum atomic E-state index is 10.3. The third-order valence-electron chi connectivity index (χ3n) is 3.92. The zero-order valence-corrected chi connectivity index (χ0v) is 10.9. The Bertz CT molecular complexity index is 286. The van der Waals surface area contributed by atoms with E-state index in [0.717, 1.165) is 11.5 Å². The lowest BCUT2D eigenvalue weighted by molar-refractivity contribution is 0.0725. The fraction of sp³-hybridized carbons (Fsp3) is 0.714. The van der Waals surface area contributed by atoms with E-state index in [1.54, 1.807) is 11.3 Å². The summed E-state index contributed by atoms with van der Waals surface area (Å²) in [6.07, 6.45) is 7.53. The smallest absolute Gasteiger partial charge is 0.0826 e. The highest BCUT2D eigenvalue weighted by atomic mass is 32.1. The second kappa shape index (κ2) is 5.83. The molecule has 1 aliphatic carbocycles. The Kier molecular flexibility index (Phi) is 4.42. The molecular weight excluding hydrogens is 216 g/mol. The van der Waals surface area contributed by atoms with Crippen molar-refractivity contribution in [2.24, 2.45) is 11.8 Å². The van der Waals surface area contributed by atoms with Gasteiger partial charge < -0.3 is 5.11 Å². The van der Waals surface area contributed by atoms with Crippen LogP contribution in [-0.4, -0.2) is 5.11 Å². The van der Waals surface area contributed by atoms with Crippen LogP contribution in [-0.2, 0) is 0 Å². The molecule has 0 spiro atoms. The van der Waals surface area contributed by atoms with Crippen LogP contribution in [0.15, 0.2) is 16.8 Å². The van der Waals surface area contributed by atoms with E-state index in [1.807, 2.05) is 0 Å². The standard InChI is InChI=1S/C14H22OS/c1-2-3-11-4-6-12(7-5-11)14(15)13-8-9-16-10-13/h8-12,14-15H,2-7H2,1H3. The summed E-state index contributed by atoms with van der Waals surface area (Å²) in [5.74, 6) is 1.43. The van der Waals surface area contributed by atoms with Gasteiger partial charge in [-0.05, 0) is 47.1 Å². The first-order chi connectivity index (χ1) is 7.81. The molecule has 0 aromatic carbocycles. The molecule has 1 atom stereocenters. The topological polar surface area (TPSA) is 20.2 Å². The van der Waals surface area contributed by atoms with Gasteiger partial charge in [0.25, 0.3) is 0 Å². The summed E-state index contributed by atoms with van der Waals surface area (Å²) in [7, 11) is 0. The van der Waals surface area contributed by atoms with Crippen LogP contribution < -0.4 is 0 Å². The zero-order chi connectivity index (χ0) is 11.4. The summed E-state index contributed by atoms with van der Waals surface area (Å²) in [6, 6.07) is 2.06. The Morgan fingerprint density at radius 3 is 2.69 bits per heavy atom. The van der Waals surface area contributed by atoms with E-state index in [4.69, 9.17) is 0 Å². The Morgan fingerprint density at radius 2 is 2.12 bits per heavy atom. The SMILES string of the molecule is CCCC1CCC(C(O)c2ccsc2)CC1. The number of hydrogen-bond donors (Lipinski definition) is 1. The average molecular weight is 238 g/mol. The van der Waals surface area contributed by atoms with Crippen LogP contribution >= 0.6 is 11.3 Å². The van der Waals surface area contributed by atoms with E-state index in [9.17, 15) is 5.11 Å². The molecule has 0 radical (unpaired) electrons. The Morgan fingerprint density at radius 1 is 1.38 bits per heavy atom. The molecule has 1 unspecified atom stereocenters. The van der Waals surface area contributed by atoms with Gasteiger partial charge in [-0.15, -0.1) is 0 Å². The molecule has 1 aromatic rings. The number of aliphatic hydroxyl groups excluding tert-OH is 1. The van der Waals surface area contributed by atoms with Gasteiger partial charge >= 0.3 is 0 Å². The lowest BCUT2D eigenvalue weighted by Gasteiger charge is -2.31. The minimum atomic E-state index is -0.214. The van der Waals surface area contributed by atoms with Crippen LogP contribution in [0.4, 0.5) is 0 Å². The normalized spacial score (nSPS) is 27.9. The van der Waals surface area contributed by atoms with Gasteiger partial charge in [-0.25, -0.2) is 0 Å². The molecule has 1 aromatic heterocycles. The molecule has 0 amide bonds. The molecule has 0 aliphatic heterocycles. The molecule has 1 N–H and O–H groups in total. The molecule has 0 saturated heterocycles. The molecule has 16 heavy (non-hydrogen) atoms. The maximum absolute atomic E-state index is 10.3. The fourth-order valence-electron chi connectivity index (χ4n) is 2.92. The van der Waals surface area contributed by atoms with Gasteiger partial charge in [-0.1, -0.05) is 32.6 Å². The van der Waals surface area contributed by atoms with E-state index in [-0.39, 0.29) is 6.10 Å². The van der Waals surface area contributed by atoms with Crippen molar-refractivity contribution in [3.05, 3.63) is 22.4 Å². The van der Waals surface area contributed by atoms with Crippen LogP contribution in [0, 0.1) is 11.8 Å². The first-order valence-electron chi connectivity index (χ1n) is 6.51. The second-order valence-corrected chi connectivity index (χ2v) is 5.85. The number of thiophene rings is 1. The molecule has 1 aliphatic rings. The van der Waals surface area contributed by atoms with E-state index >= 15 is 0 Å². The van der Waals surface area contributed by atoms with Crippen LogP contribution in [0.1, 0.15) is 57.1 Å². The van der Waals surface area contributed by atoms with Gasteiger partial charge in [0.05, 0.1) is 6.10 Å². The van der Waals surface area contributed by atoms with Crippen LogP contribution in [0.2, 0.25) is 0 Å². The summed E-state index contributed by atoms with van der Waals surface area (Å²) >= 11 is 1.68. The Hall–Kier alpha value is -0.340. The number of hydrogen-bond acceptors (Lipinski definition) is 2. The number of aliphatic hydroxyl groups is 1. The average Bonchev–Trinajstić information content (AvgIpc) is 2.83. The minimum absolute atomic E-state index is 0.214. The predicted octanol–water partition coefficient (Wildman–Crippen LogP) is 4.39. The fourth-order valence-corrected chi connectivity index (χ4v) is 3.61. The number of rotatable bonds is 4. The summed E-state index contributed by atoms with van der Waals surface area (Å²) in [4.78, 5) is 0. The molecule has 90 valence electrons. The Labute approximate surface area is 103 Å². The monoisotopic (exact) mass is 238 g/mol. The summed E-state index contributed by atoms with van der Waals surface area (Å²) in [5.41, 5.74) is 1.13. The van der Waals surface area contributed by atoms with E-state index in [0.29, 0.717) is 5.92 Å². The van der Waals surface area contributed by atoms with Gasteiger partial charge in [0.15, 0.2) is 0 Å². The third kappa shape index (κ3) is 2.86. The van der Waals surface area contributed by atoms with Gasteiger partial charge in [0, 0.05) is 0 Å². The lowest BCUT2D eigenvalue weighted by Crippen LogP contribution is -2.20. The van der Waals surface area contributed by atoms with Crippen molar-refractivity contribution in [3.63, 3.8) is 0 Å². The summed E-state index contributed by atoms with van der Waals surface area (Å²) < 4.78 is 0. The third-order valence-corrected chi connectivity index (χ3v) is 4.62. The van der Waals surface area contributed by atoms with E-state index < -0.39 is 0 Å². The van der Waals surface area contributed by atoms with E-state index in [2.05, 4.69) is 23.8 Å². The van der Waals surface area contributed by atoms with Crippen LogP contribution in [0.5, 0.6) is 0 Å². The highest BCUT2D eigenvalue weighted by Crippen LogP contribution is 2.38. The van der Waals surface area contributed by atoms with Crippen LogP contribution in [0.25, 0.3) is 0 Å². The molecule has 2 rings (SSSR count). The van der Waals surface area contributed by atoms with Gasteiger partial charge in [0.2, 0.25) is 0 Å². The van der Waals surface area contributed by atoms with Crippen molar-refractivity contribution in [1.82, 2.24) is 0 Å². The van der Waals surface area contributed by atoms with Gasteiger partial charge in [0.1, 0.15) is 0 Å². The lowest BCUT2D eigenvalue weighted by atomic mass is 9.77. The van der Waals surface area contributed by atoms with Crippen molar-refractivity contribution >= 4 is 11.3 Å². The van der Waals surface area contributed by atoms with E-state index in [1.165, 1.54) is 38.5 Å². The highest BCUT2D eigenvalue weighted by molar-refractivity contribution is 7.07. The van der Waals surface area contributed by atoms with Gasteiger partial charge in [-0.2, -0.15) is 11.3 Å². The first kappa shape index (κ1) is 12.1. The second-order valence-electron chi connectivity index (χ2n) is 5.07. The molecule has 1 saturated carbocycles. The molecule has 1 heterocycles. The van der Waals surface area contributed by atoms with Gasteiger partial charge in [-0.3, -0.25) is 0 Å². The molecule has 2 heteroatoms. The summed E-state index contributed by atoms with van der Waals surface area (Å²) in [5, 5.41) is 14.4.